The molecule has 2 heterocycles. The average Bonchev–Trinajstić information content (AvgIpc) is 2.93. The molecule has 0 bridgehead atoms. The number of rotatable bonds is 3. The lowest BCUT2D eigenvalue weighted by atomic mass is 10.1. The summed E-state index contributed by atoms with van der Waals surface area (Å²) in [5, 5.41) is 5.36. The van der Waals surface area contributed by atoms with Crippen LogP contribution in [0.2, 0.25) is 0 Å². The molecular weight excluding hydrogens is 338 g/mol. The van der Waals surface area contributed by atoms with Gasteiger partial charge in [-0.15, -0.1) is 0 Å². The maximum absolute atomic E-state index is 12.7. The summed E-state index contributed by atoms with van der Waals surface area (Å²) >= 11 is 0. The highest BCUT2D eigenvalue weighted by molar-refractivity contribution is 5.93. The quantitative estimate of drug-likeness (QED) is 0.777. The average molecular weight is 363 g/mol. The third kappa shape index (κ3) is 4.11. The number of aromatic nitrogens is 2. The number of nitrogens with one attached hydrogen (secondary N) is 1. The van der Waals surface area contributed by atoms with Crippen molar-refractivity contribution in [3.05, 3.63) is 60.7 Å². The fourth-order valence-electron chi connectivity index (χ4n) is 3.55. The summed E-state index contributed by atoms with van der Waals surface area (Å²) in [6.45, 7) is 4.16. The molecule has 0 saturated carbocycles. The van der Waals surface area contributed by atoms with Crippen molar-refractivity contribution in [2.24, 2.45) is 7.05 Å². The summed E-state index contributed by atoms with van der Waals surface area (Å²) in [4.78, 5) is 21.4. The lowest BCUT2D eigenvalue weighted by Crippen LogP contribution is -2.38. The van der Waals surface area contributed by atoms with Crippen molar-refractivity contribution >= 4 is 22.5 Å². The molecule has 1 saturated heterocycles. The minimum absolute atomic E-state index is 0.0240. The number of carbonyl (C=O) groups excluding carboxylic acids is 1. The Kier molecular flexibility index (Phi) is 5.07. The summed E-state index contributed by atoms with van der Waals surface area (Å²) in [5.41, 5.74) is 0.841. The topological polar surface area (TPSA) is 53.4 Å². The van der Waals surface area contributed by atoms with Gasteiger partial charge in [0.05, 0.1) is 6.54 Å². The smallest absolute Gasteiger partial charge is 0.321 e. The van der Waals surface area contributed by atoms with E-state index in [4.69, 9.17) is 0 Å². The summed E-state index contributed by atoms with van der Waals surface area (Å²) in [5.74, 6) is 1.06. The van der Waals surface area contributed by atoms with Crippen molar-refractivity contribution in [2.45, 2.75) is 13.0 Å². The Morgan fingerprint density at radius 1 is 1.07 bits per heavy atom. The molecule has 6 nitrogen and oxygen atoms in total. The minimum atomic E-state index is -0.0240. The number of nitrogens with zero attached hydrogens (tertiary/aromatic N) is 4. The maximum Gasteiger partial charge on any atom is 0.321 e. The second-order valence-electron chi connectivity index (χ2n) is 7.06. The van der Waals surface area contributed by atoms with Crippen LogP contribution < -0.4 is 5.32 Å². The highest BCUT2D eigenvalue weighted by Gasteiger charge is 2.20. The maximum atomic E-state index is 12.7. The number of hydrogen-bond donors (Lipinski definition) is 1. The third-order valence-corrected chi connectivity index (χ3v) is 5.16. The van der Waals surface area contributed by atoms with Crippen LogP contribution in [0.1, 0.15) is 12.2 Å². The molecule has 0 spiro atoms. The molecule has 1 aromatic heterocycles. The molecule has 27 heavy (non-hydrogen) atoms. The molecule has 0 aliphatic carbocycles. The molecule has 0 unspecified atom stereocenters. The van der Waals surface area contributed by atoms with Gasteiger partial charge in [0.2, 0.25) is 0 Å². The van der Waals surface area contributed by atoms with Crippen LogP contribution in [-0.2, 0) is 13.6 Å². The molecule has 6 heteroatoms. The number of imidazole rings is 1. The Balaban J connectivity index is 1.36. The third-order valence-electron chi connectivity index (χ3n) is 5.16. The standard InChI is InChI=1S/C21H25N5O/c1-24-12-9-22-20(24)16-25-10-4-11-26(14-13-25)21(27)23-19-8-7-17-5-2-3-6-18(17)15-19/h2-3,5-9,12,15H,4,10-11,13-14,16H2,1H3,(H,23,27). The first kappa shape index (κ1) is 17.5. The van der Waals surface area contributed by atoms with Crippen molar-refractivity contribution in [3.63, 3.8) is 0 Å². The molecule has 0 atom stereocenters. The largest absolute Gasteiger partial charge is 0.337 e. The number of amides is 2. The number of fused-ring (bicyclic) bond motifs is 1. The van der Waals surface area contributed by atoms with Gasteiger partial charge in [0.25, 0.3) is 0 Å². The molecule has 4 rings (SSSR count). The van der Waals surface area contributed by atoms with Gasteiger partial charge >= 0.3 is 6.03 Å². The highest BCUT2D eigenvalue weighted by Crippen LogP contribution is 2.19. The predicted octanol–water partition coefficient (Wildman–Crippen LogP) is 3.31. The van der Waals surface area contributed by atoms with E-state index in [1.165, 1.54) is 5.39 Å². The van der Waals surface area contributed by atoms with Crippen molar-refractivity contribution in [2.75, 3.05) is 31.5 Å². The molecule has 1 N–H and O–H groups in total. The molecule has 0 radical (unpaired) electrons. The van der Waals surface area contributed by atoms with Gasteiger partial charge in [0.15, 0.2) is 0 Å². The van der Waals surface area contributed by atoms with Crippen LogP contribution in [0.4, 0.5) is 10.5 Å². The zero-order valence-corrected chi connectivity index (χ0v) is 15.6. The minimum Gasteiger partial charge on any atom is -0.337 e. The van der Waals surface area contributed by atoms with Gasteiger partial charge in [-0.05, 0) is 29.3 Å². The first-order chi connectivity index (χ1) is 13.2. The molecule has 2 amide bonds. The molecule has 1 fully saturated rings. The predicted molar refractivity (Wildman–Crippen MR) is 108 cm³/mol. The zero-order chi connectivity index (χ0) is 18.6. The first-order valence-corrected chi connectivity index (χ1v) is 9.42. The number of carbonyl (C=O) groups is 1. The summed E-state index contributed by atoms with van der Waals surface area (Å²) < 4.78 is 2.05. The van der Waals surface area contributed by atoms with Gasteiger partial charge in [-0.2, -0.15) is 0 Å². The van der Waals surface area contributed by atoms with Crippen LogP contribution in [0.5, 0.6) is 0 Å². The molecule has 1 aliphatic rings. The van der Waals surface area contributed by atoms with Crippen molar-refractivity contribution < 1.29 is 4.79 Å². The van der Waals surface area contributed by atoms with Gasteiger partial charge in [-0.3, -0.25) is 4.90 Å². The van der Waals surface area contributed by atoms with Crippen LogP contribution in [0, 0.1) is 0 Å². The summed E-state index contributed by atoms with van der Waals surface area (Å²) in [6.07, 6.45) is 4.77. The van der Waals surface area contributed by atoms with Crippen molar-refractivity contribution in [3.8, 4) is 0 Å². The monoisotopic (exact) mass is 363 g/mol. The second kappa shape index (κ2) is 7.80. The Labute approximate surface area is 159 Å². The van der Waals surface area contributed by atoms with E-state index >= 15 is 0 Å². The Morgan fingerprint density at radius 3 is 2.74 bits per heavy atom. The van der Waals surface area contributed by atoms with Crippen LogP contribution in [0.15, 0.2) is 54.9 Å². The molecular formula is C21H25N5O. The second-order valence-corrected chi connectivity index (χ2v) is 7.06. The van der Waals surface area contributed by atoms with Gasteiger partial charge < -0.3 is 14.8 Å². The van der Waals surface area contributed by atoms with Gasteiger partial charge in [-0.1, -0.05) is 30.3 Å². The van der Waals surface area contributed by atoms with E-state index in [0.717, 1.165) is 56.0 Å². The van der Waals surface area contributed by atoms with Crippen LogP contribution in [0.25, 0.3) is 10.8 Å². The fraction of sp³-hybridized carbons (Fsp3) is 0.333. The van der Waals surface area contributed by atoms with E-state index in [-0.39, 0.29) is 6.03 Å². The lowest BCUT2D eigenvalue weighted by molar-refractivity contribution is 0.210. The number of benzene rings is 2. The van der Waals surface area contributed by atoms with E-state index in [2.05, 4.69) is 31.9 Å². The van der Waals surface area contributed by atoms with E-state index in [1.54, 1.807) is 0 Å². The van der Waals surface area contributed by atoms with E-state index in [0.29, 0.717) is 0 Å². The van der Waals surface area contributed by atoms with Gasteiger partial charge in [0, 0.05) is 51.3 Å². The van der Waals surface area contributed by atoms with Gasteiger partial charge in [-0.25, -0.2) is 9.78 Å². The van der Waals surface area contributed by atoms with E-state index < -0.39 is 0 Å². The Morgan fingerprint density at radius 2 is 1.93 bits per heavy atom. The van der Waals surface area contributed by atoms with Crippen molar-refractivity contribution in [1.29, 1.82) is 0 Å². The number of aryl methyl sites for hydroxylation is 1. The Hall–Kier alpha value is -2.86. The molecule has 140 valence electrons. The number of urea groups is 1. The van der Waals surface area contributed by atoms with Crippen LogP contribution >= 0.6 is 0 Å². The number of hydrogen-bond acceptors (Lipinski definition) is 3. The van der Waals surface area contributed by atoms with Gasteiger partial charge in [0.1, 0.15) is 5.82 Å². The van der Waals surface area contributed by atoms with Crippen LogP contribution in [0.3, 0.4) is 0 Å². The fourth-order valence-corrected chi connectivity index (χ4v) is 3.55. The Bertz CT molecular complexity index is 935. The lowest BCUT2D eigenvalue weighted by Gasteiger charge is -2.22. The summed E-state index contributed by atoms with van der Waals surface area (Å²) in [6, 6.07) is 14.2. The first-order valence-electron chi connectivity index (χ1n) is 9.42. The van der Waals surface area contributed by atoms with Crippen LogP contribution in [-0.4, -0.2) is 51.6 Å². The zero-order valence-electron chi connectivity index (χ0n) is 15.6. The number of anilines is 1. The van der Waals surface area contributed by atoms with E-state index in [1.807, 2.05) is 54.7 Å². The van der Waals surface area contributed by atoms with E-state index in [9.17, 15) is 4.79 Å². The SMILES string of the molecule is Cn1ccnc1CN1CCCN(C(=O)Nc2ccc3ccccc3c2)CC1. The molecule has 2 aromatic carbocycles. The highest BCUT2D eigenvalue weighted by atomic mass is 16.2. The normalized spacial score (nSPS) is 15.7. The molecule has 3 aromatic rings. The van der Waals surface area contributed by atoms with Crippen molar-refractivity contribution in [1.82, 2.24) is 19.4 Å². The molecule has 1 aliphatic heterocycles. The summed E-state index contributed by atoms with van der Waals surface area (Å²) in [7, 11) is 2.02.